The number of amides is 1. The van der Waals surface area contributed by atoms with Gasteiger partial charge in [0.2, 0.25) is 5.91 Å². The van der Waals surface area contributed by atoms with E-state index in [0.717, 1.165) is 10.5 Å². The van der Waals surface area contributed by atoms with Gasteiger partial charge in [-0.05, 0) is 31.2 Å². The van der Waals surface area contributed by atoms with Crippen molar-refractivity contribution in [3.63, 3.8) is 0 Å². The minimum atomic E-state index is -0.575. The first kappa shape index (κ1) is 16.3. The third kappa shape index (κ3) is 4.47. The fraction of sp³-hybridized carbons (Fsp3) is 0.133. The Morgan fingerprint density at radius 2 is 1.95 bits per heavy atom. The van der Waals surface area contributed by atoms with Crippen LogP contribution in [0.2, 0.25) is 5.02 Å². The highest BCUT2D eigenvalue weighted by Gasteiger charge is 2.16. The van der Waals surface area contributed by atoms with E-state index in [1.165, 1.54) is 30.0 Å². The van der Waals surface area contributed by atoms with Gasteiger partial charge in [0.25, 0.3) is 5.69 Å². The van der Waals surface area contributed by atoms with E-state index in [2.05, 4.69) is 5.32 Å². The molecule has 1 N–H and O–H groups in total. The first-order valence-corrected chi connectivity index (χ1v) is 7.75. The minimum absolute atomic E-state index is 0.143. The van der Waals surface area contributed by atoms with E-state index in [-0.39, 0.29) is 28.1 Å². The van der Waals surface area contributed by atoms with Crippen molar-refractivity contribution in [3.8, 4) is 0 Å². The van der Waals surface area contributed by atoms with Crippen molar-refractivity contribution >= 4 is 40.6 Å². The number of hydrogen-bond donors (Lipinski definition) is 1. The van der Waals surface area contributed by atoms with Gasteiger partial charge in [-0.1, -0.05) is 29.3 Å². The summed E-state index contributed by atoms with van der Waals surface area (Å²) in [6.45, 7) is 1.99. The maximum atomic E-state index is 11.9. The van der Waals surface area contributed by atoms with Crippen molar-refractivity contribution in [2.75, 3.05) is 11.1 Å². The smallest absolute Gasteiger partial charge is 0.294 e. The monoisotopic (exact) mass is 336 g/mol. The Balaban J connectivity index is 2.00. The molecule has 2 aromatic carbocycles. The molecule has 2 aromatic rings. The third-order valence-corrected chi connectivity index (χ3v) is 4.07. The second kappa shape index (κ2) is 7.29. The zero-order valence-corrected chi connectivity index (χ0v) is 13.3. The number of nitrogens with zero attached hydrogens (tertiary/aromatic N) is 1. The molecule has 5 nitrogen and oxygen atoms in total. The molecule has 22 heavy (non-hydrogen) atoms. The van der Waals surface area contributed by atoms with Gasteiger partial charge in [0.05, 0.1) is 10.7 Å². The molecular weight excluding hydrogens is 324 g/mol. The number of carbonyl (C=O) groups excluding carboxylic acids is 1. The summed E-state index contributed by atoms with van der Waals surface area (Å²) < 4.78 is 0. The topological polar surface area (TPSA) is 72.2 Å². The summed E-state index contributed by atoms with van der Waals surface area (Å²) in [5.41, 5.74) is 1.07. The summed E-state index contributed by atoms with van der Waals surface area (Å²) in [4.78, 5) is 23.3. The molecule has 0 aliphatic carbocycles. The highest BCUT2D eigenvalue weighted by molar-refractivity contribution is 8.00. The largest absolute Gasteiger partial charge is 0.320 e. The number of halogens is 1. The van der Waals surface area contributed by atoms with E-state index in [4.69, 9.17) is 11.6 Å². The Kier molecular flexibility index (Phi) is 5.41. The standard InChI is InChI=1S/C15H13ClN2O3S/c1-10-2-5-12(6-3-10)22-9-15(19)17-13-7-4-11(16)8-14(13)18(20)21/h2-8H,9H2,1H3,(H,17,19). The molecule has 0 fully saturated rings. The second-order valence-corrected chi connectivity index (χ2v) is 6.05. The van der Waals surface area contributed by atoms with Crippen LogP contribution in [0.3, 0.4) is 0 Å². The van der Waals surface area contributed by atoms with Crippen LogP contribution in [0.4, 0.5) is 11.4 Å². The SMILES string of the molecule is Cc1ccc(SCC(=O)Nc2ccc(Cl)cc2[N+](=O)[O-])cc1. The molecule has 0 atom stereocenters. The van der Waals surface area contributed by atoms with Crippen molar-refractivity contribution in [3.05, 3.63) is 63.2 Å². The van der Waals surface area contributed by atoms with Gasteiger partial charge in [-0.2, -0.15) is 0 Å². The molecule has 0 bridgehead atoms. The number of benzene rings is 2. The van der Waals surface area contributed by atoms with Crippen LogP contribution >= 0.6 is 23.4 Å². The van der Waals surface area contributed by atoms with E-state index in [9.17, 15) is 14.9 Å². The van der Waals surface area contributed by atoms with Crippen molar-refractivity contribution in [2.45, 2.75) is 11.8 Å². The molecule has 0 aliphatic rings. The molecule has 0 radical (unpaired) electrons. The third-order valence-electron chi connectivity index (χ3n) is 2.82. The summed E-state index contributed by atoms with van der Waals surface area (Å²) >= 11 is 7.10. The van der Waals surface area contributed by atoms with Crippen molar-refractivity contribution in [2.24, 2.45) is 0 Å². The fourth-order valence-electron chi connectivity index (χ4n) is 1.73. The van der Waals surface area contributed by atoms with E-state index >= 15 is 0 Å². The van der Waals surface area contributed by atoms with Gasteiger partial charge < -0.3 is 5.32 Å². The molecule has 114 valence electrons. The molecule has 1 amide bonds. The highest BCUT2D eigenvalue weighted by atomic mass is 35.5. The second-order valence-electron chi connectivity index (χ2n) is 4.57. The van der Waals surface area contributed by atoms with E-state index < -0.39 is 4.92 Å². The summed E-state index contributed by atoms with van der Waals surface area (Å²) in [5.74, 6) is -0.140. The molecule has 2 rings (SSSR count). The molecule has 7 heteroatoms. The summed E-state index contributed by atoms with van der Waals surface area (Å²) in [6, 6.07) is 11.9. The number of aryl methyl sites for hydroxylation is 1. The van der Waals surface area contributed by atoms with Crippen LogP contribution in [-0.4, -0.2) is 16.6 Å². The summed E-state index contributed by atoms with van der Waals surface area (Å²) in [5, 5.41) is 13.7. The van der Waals surface area contributed by atoms with Gasteiger partial charge in [0, 0.05) is 16.0 Å². The number of nitro groups is 1. The lowest BCUT2D eigenvalue weighted by Crippen LogP contribution is -2.15. The van der Waals surface area contributed by atoms with Crippen LogP contribution < -0.4 is 5.32 Å². The zero-order chi connectivity index (χ0) is 16.1. The van der Waals surface area contributed by atoms with Crippen LogP contribution in [-0.2, 0) is 4.79 Å². The number of rotatable bonds is 5. The Bertz CT molecular complexity index is 704. The molecule has 0 aliphatic heterocycles. The first-order chi connectivity index (χ1) is 10.5. The molecule has 0 heterocycles. The maximum absolute atomic E-state index is 11.9. The number of nitrogens with one attached hydrogen (secondary N) is 1. The van der Waals surface area contributed by atoms with Crippen LogP contribution in [0.15, 0.2) is 47.4 Å². The summed E-state index contributed by atoms with van der Waals surface area (Å²) in [6.07, 6.45) is 0. The van der Waals surface area contributed by atoms with E-state index in [1.807, 2.05) is 31.2 Å². The average molecular weight is 337 g/mol. The van der Waals surface area contributed by atoms with Gasteiger partial charge in [-0.25, -0.2) is 0 Å². The minimum Gasteiger partial charge on any atom is -0.320 e. The molecule has 0 saturated heterocycles. The Hall–Kier alpha value is -2.05. The van der Waals surface area contributed by atoms with Gasteiger partial charge in [-0.15, -0.1) is 11.8 Å². The van der Waals surface area contributed by atoms with Crippen LogP contribution in [0, 0.1) is 17.0 Å². The normalized spacial score (nSPS) is 10.3. The lowest BCUT2D eigenvalue weighted by atomic mass is 10.2. The van der Waals surface area contributed by atoms with Crippen molar-refractivity contribution < 1.29 is 9.72 Å². The van der Waals surface area contributed by atoms with Gasteiger partial charge >= 0.3 is 0 Å². The summed E-state index contributed by atoms with van der Waals surface area (Å²) in [7, 11) is 0. The van der Waals surface area contributed by atoms with Crippen molar-refractivity contribution in [1.82, 2.24) is 0 Å². The molecule has 0 saturated carbocycles. The molecule has 0 aromatic heterocycles. The number of anilines is 1. The van der Waals surface area contributed by atoms with Gasteiger partial charge in [-0.3, -0.25) is 14.9 Å². The Morgan fingerprint density at radius 1 is 1.27 bits per heavy atom. The number of carbonyl (C=O) groups is 1. The predicted molar refractivity (Wildman–Crippen MR) is 88.6 cm³/mol. The maximum Gasteiger partial charge on any atom is 0.294 e. The average Bonchev–Trinajstić information content (AvgIpc) is 2.48. The Morgan fingerprint density at radius 3 is 2.59 bits per heavy atom. The molecule has 0 unspecified atom stereocenters. The Labute approximate surface area is 136 Å². The van der Waals surface area contributed by atoms with E-state index in [1.54, 1.807) is 0 Å². The van der Waals surface area contributed by atoms with Crippen LogP contribution in [0.5, 0.6) is 0 Å². The molecule has 0 spiro atoms. The highest BCUT2D eigenvalue weighted by Crippen LogP contribution is 2.28. The number of hydrogen-bond acceptors (Lipinski definition) is 4. The van der Waals surface area contributed by atoms with E-state index in [0.29, 0.717) is 0 Å². The van der Waals surface area contributed by atoms with Crippen LogP contribution in [0.25, 0.3) is 0 Å². The molecular formula is C15H13ClN2O3S. The fourth-order valence-corrected chi connectivity index (χ4v) is 2.60. The number of thioether (sulfide) groups is 1. The lowest BCUT2D eigenvalue weighted by Gasteiger charge is -2.06. The zero-order valence-electron chi connectivity index (χ0n) is 11.7. The van der Waals surface area contributed by atoms with Gasteiger partial charge in [0.15, 0.2) is 0 Å². The van der Waals surface area contributed by atoms with Crippen LogP contribution in [0.1, 0.15) is 5.56 Å². The predicted octanol–water partition coefficient (Wildman–Crippen LogP) is 4.29. The first-order valence-electron chi connectivity index (χ1n) is 6.39. The van der Waals surface area contributed by atoms with Gasteiger partial charge in [0.1, 0.15) is 5.69 Å². The lowest BCUT2D eigenvalue weighted by molar-refractivity contribution is -0.383. The number of nitro benzene ring substituents is 1. The van der Waals surface area contributed by atoms with Crippen molar-refractivity contribution in [1.29, 1.82) is 0 Å². The quantitative estimate of drug-likeness (QED) is 0.502.